The van der Waals surface area contributed by atoms with Crippen molar-refractivity contribution in [3.63, 3.8) is 0 Å². The van der Waals surface area contributed by atoms with Gasteiger partial charge in [-0.25, -0.2) is 0 Å². The first-order valence-corrected chi connectivity index (χ1v) is 11.0. The summed E-state index contributed by atoms with van der Waals surface area (Å²) in [7, 11) is -0.545. The topological polar surface area (TPSA) is 53.4 Å². The molecule has 0 N–H and O–H groups in total. The molecule has 1 aliphatic heterocycles. The minimum absolute atomic E-state index is 0.0260. The molecule has 0 saturated carbocycles. The summed E-state index contributed by atoms with van der Waals surface area (Å²) in [6.45, 7) is 12.4. The van der Waals surface area contributed by atoms with Gasteiger partial charge in [0.1, 0.15) is 0 Å². The highest BCUT2D eigenvalue weighted by Gasteiger charge is 2.52. The minimum atomic E-state index is -0.545. The first-order chi connectivity index (χ1) is 14.2. The highest BCUT2D eigenvalue weighted by molar-refractivity contribution is 6.65. The van der Waals surface area contributed by atoms with E-state index in [2.05, 4.69) is 18.8 Å². The van der Waals surface area contributed by atoms with Gasteiger partial charge in [0, 0.05) is 34.6 Å². The molecule has 0 aliphatic carbocycles. The van der Waals surface area contributed by atoms with Crippen molar-refractivity contribution in [1.29, 1.82) is 0 Å². The Bertz CT molecular complexity index is 1140. The molecule has 1 unspecified atom stereocenters. The molecular formula is C24H31BN2O3. The summed E-state index contributed by atoms with van der Waals surface area (Å²) >= 11 is 0. The molecule has 5 nitrogen and oxygen atoms in total. The number of fused-ring (bicyclic) bond motifs is 3. The van der Waals surface area contributed by atoms with Crippen molar-refractivity contribution in [2.24, 2.45) is 0 Å². The van der Waals surface area contributed by atoms with Gasteiger partial charge in [-0.2, -0.15) is 0 Å². The van der Waals surface area contributed by atoms with Gasteiger partial charge in [-0.05, 0) is 64.2 Å². The Morgan fingerprint density at radius 1 is 1.07 bits per heavy atom. The van der Waals surface area contributed by atoms with Crippen molar-refractivity contribution in [3.8, 4) is 0 Å². The van der Waals surface area contributed by atoms with Gasteiger partial charge < -0.3 is 13.9 Å². The molecule has 0 radical (unpaired) electrons. The summed E-state index contributed by atoms with van der Waals surface area (Å²) in [6.07, 6.45) is 6.65. The van der Waals surface area contributed by atoms with E-state index in [-0.39, 0.29) is 11.6 Å². The van der Waals surface area contributed by atoms with Gasteiger partial charge in [0.25, 0.3) is 5.56 Å². The van der Waals surface area contributed by atoms with E-state index in [1.807, 2.05) is 62.7 Å². The van der Waals surface area contributed by atoms with Crippen LogP contribution in [0.3, 0.4) is 0 Å². The quantitative estimate of drug-likeness (QED) is 0.459. The van der Waals surface area contributed by atoms with Crippen LogP contribution in [0.15, 0.2) is 41.5 Å². The summed E-state index contributed by atoms with van der Waals surface area (Å²) < 4.78 is 14.5. The van der Waals surface area contributed by atoms with Crippen LogP contribution in [0.1, 0.15) is 66.8 Å². The molecular weight excluding hydrogens is 375 g/mol. The Labute approximate surface area is 178 Å². The average molecular weight is 406 g/mol. The van der Waals surface area contributed by atoms with E-state index in [1.54, 1.807) is 6.20 Å². The third-order valence-corrected chi connectivity index (χ3v) is 6.82. The van der Waals surface area contributed by atoms with Crippen LogP contribution >= 0.6 is 0 Å². The largest absolute Gasteiger partial charge is 0.495 e. The Morgan fingerprint density at radius 2 is 1.77 bits per heavy atom. The van der Waals surface area contributed by atoms with Crippen molar-refractivity contribution in [2.45, 2.75) is 78.0 Å². The van der Waals surface area contributed by atoms with E-state index in [4.69, 9.17) is 9.31 Å². The second-order valence-corrected chi connectivity index (χ2v) is 9.29. The van der Waals surface area contributed by atoms with Gasteiger partial charge in [-0.1, -0.05) is 26.3 Å². The lowest BCUT2D eigenvalue weighted by atomic mass is 9.75. The van der Waals surface area contributed by atoms with Gasteiger partial charge in [-0.3, -0.25) is 9.78 Å². The second kappa shape index (κ2) is 7.50. The first-order valence-electron chi connectivity index (χ1n) is 11.0. The fourth-order valence-corrected chi connectivity index (χ4v) is 4.32. The highest BCUT2D eigenvalue weighted by atomic mass is 16.7. The van der Waals surface area contributed by atoms with Crippen molar-refractivity contribution in [2.75, 3.05) is 0 Å². The maximum Gasteiger partial charge on any atom is 0.495 e. The molecule has 1 aromatic carbocycles. The number of pyridine rings is 2. The van der Waals surface area contributed by atoms with Gasteiger partial charge in [0.2, 0.25) is 0 Å². The molecule has 3 aromatic rings. The predicted octanol–water partition coefficient (Wildman–Crippen LogP) is 4.60. The summed E-state index contributed by atoms with van der Waals surface area (Å²) in [5.41, 5.74) is 0.798. The molecule has 3 heterocycles. The number of hydrogen-bond acceptors (Lipinski definition) is 4. The molecule has 2 aromatic heterocycles. The van der Waals surface area contributed by atoms with Gasteiger partial charge in [-0.15, -0.1) is 0 Å². The summed E-state index contributed by atoms with van der Waals surface area (Å²) in [4.78, 5) is 18.1. The molecule has 0 bridgehead atoms. The summed E-state index contributed by atoms with van der Waals surface area (Å²) in [5, 5.41) is 2.50. The van der Waals surface area contributed by atoms with Crippen LogP contribution in [0.5, 0.6) is 0 Å². The third kappa shape index (κ3) is 3.26. The number of aromatic nitrogens is 2. The van der Waals surface area contributed by atoms with E-state index < -0.39 is 18.3 Å². The zero-order valence-electron chi connectivity index (χ0n) is 18.9. The van der Waals surface area contributed by atoms with Crippen molar-refractivity contribution in [1.82, 2.24) is 9.55 Å². The van der Waals surface area contributed by atoms with Crippen LogP contribution in [-0.2, 0) is 9.31 Å². The summed E-state index contributed by atoms with van der Waals surface area (Å²) in [5.74, 6) is 0. The van der Waals surface area contributed by atoms with Crippen molar-refractivity contribution >= 4 is 34.3 Å². The normalized spacial score (nSPS) is 18.9. The Hall–Kier alpha value is -2.18. The van der Waals surface area contributed by atoms with Crippen LogP contribution in [-0.4, -0.2) is 27.9 Å². The van der Waals surface area contributed by atoms with Crippen LogP contribution in [0.2, 0.25) is 0 Å². The number of rotatable bonds is 5. The minimum Gasteiger partial charge on any atom is -0.399 e. The number of hydrogen-bond donors (Lipinski definition) is 0. The van der Waals surface area contributed by atoms with E-state index >= 15 is 0 Å². The Kier molecular flexibility index (Phi) is 5.27. The maximum absolute atomic E-state index is 13.5. The zero-order valence-corrected chi connectivity index (χ0v) is 18.9. The monoisotopic (exact) mass is 406 g/mol. The van der Waals surface area contributed by atoms with Gasteiger partial charge >= 0.3 is 7.12 Å². The predicted molar refractivity (Wildman–Crippen MR) is 123 cm³/mol. The van der Waals surface area contributed by atoms with Crippen LogP contribution in [0.25, 0.3) is 21.7 Å². The summed E-state index contributed by atoms with van der Waals surface area (Å²) in [6, 6.07) is 8.13. The Morgan fingerprint density at radius 3 is 2.40 bits per heavy atom. The number of nitrogens with zero attached hydrogens (tertiary/aromatic N) is 2. The number of benzene rings is 1. The lowest BCUT2D eigenvalue weighted by Crippen LogP contribution is -2.41. The first kappa shape index (κ1) is 21.1. The Balaban J connectivity index is 1.96. The third-order valence-electron chi connectivity index (χ3n) is 6.82. The van der Waals surface area contributed by atoms with E-state index in [0.29, 0.717) is 5.39 Å². The van der Waals surface area contributed by atoms with Crippen molar-refractivity contribution in [3.05, 3.63) is 47.0 Å². The molecule has 0 spiro atoms. The SMILES string of the molecule is CCCC(CC)n1ccc2c(cc(B3OC(C)(C)C(C)(C)O3)c3cccnc32)c1=O. The van der Waals surface area contributed by atoms with Gasteiger partial charge in [0.05, 0.1) is 16.7 Å². The molecule has 1 aliphatic rings. The van der Waals surface area contributed by atoms with Gasteiger partial charge in [0.15, 0.2) is 0 Å². The highest BCUT2D eigenvalue weighted by Crippen LogP contribution is 2.37. The smallest absolute Gasteiger partial charge is 0.399 e. The van der Waals surface area contributed by atoms with E-state index in [9.17, 15) is 4.79 Å². The standard InChI is InChI=1S/C24H31BN2O3/c1-7-10-16(8-2)27-14-12-17-19(22(27)28)15-20(18-11-9-13-26-21(17)18)25-29-23(3,4)24(5,6)30-25/h9,11-16H,7-8,10H2,1-6H3. The van der Waals surface area contributed by atoms with E-state index in [0.717, 1.165) is 41.0 Å². The molecule has 30 heavy (non-hydrogen) atoms. The lowest BCUT2D eigenvalue weighted by molar-refractivity contribution is 0.00578. The van der Waals surface area contributed by atoms with Crippen molar-refractivity contribution < 1.29 is 9.31 Å². The molecule has 1 fully saturated rings. The average Bonchev–Trinajstić information content (AvgIpc) is 2.93. The second-order valence-electron chi connectivity index (χ2n) is 9.29. The van der Waals surface area contributed by atoms with Crippen LogP contribution in [0.4, 0.5) is 0 Å². The van der Waals surface area contributed by atoms with E-state index in [1.165, 1.54) is 0 Å². The van der Waals surface area contributed by atoms with Crippen LogP contribution in [0, 0.1) is 0 Å². The fourth-order valence-electron chi connectivity index (χ4n) is 4.32. The molecule has 4 rings (SSSR count). The fraction of sp³-hybridized carbons (Fsp3) is 0.500. The lowest BCUT2D eigenvalue weighted by Gasteiger charge is -2.32. The van der Waals surface area contributed by atoms with Crippen LogP contribution < -0.4 is 11.0 Å². The molecule has 158 valence electrons. The molecule has 0 amide bonds. The molecule has 6 heteroatoms. The molecule has 1 saturated heterocycles. The molecule has 1 atom stereocenters. The maximum atomic E-state index is 13.5. The zero-order chi connectivity index (χ0) is 21.7.